The molecule has 1 aromatic carbocycles. The topological polar surface area (TPSA) is 66.7 Å². The van der Waals surface area contributed by atoms with E-state index in [1.165, 1.54) is 22.6 Å². The second-order valence-corrected chi connectivity index (χ2v) is 5.65. The van der Waals surface area contributed by atoms with Gasteiger partial charge in [-0.05, 0) is 38.1 Å². The molecule has 0 unspecified atom stereocenters. The van der Waals surface area contributed by atoms with Gasteiger partial charge in [0.05, 0.1) is 11.2 Å². The zero-order valence-corrected chi connectivity index (χ0v) is 14.6. The Balaban J connectivity index is 2.03. The molecular formula is C19H19FN4O2. The van der Waals surface area contributed by atoms with Gasteiger partial charge < -0.3 is 10.2 Å². The van der Waals surface area contributed by atoms with E-state index in [1.54, 1.807) is 35.4 Å². The fraction of sp³-hybridized carbons (Fsp3) is 0.211. The molecule has 0 aliphatic carbocycles. The van der Waals surface area contributed by atoms with E-state index in [4.69, 9.17) is 0 Å². The molecule has 3 aromatic rings. The third-order valence-electron chi connectivity index (χ3n) is 4.13. The number of imidazole rings is 1. The van der Waals surface area contributed by atoms with Crippen molar-refractivity contribution in [3.63, 3.8) is 0 Å². The van der Waals surface area contributed by atoms with Gasteiger partial charge in [0.15, 0.2) is 5.69 Å². The number of para-hydroxylation sites is 1. The van der Waals surface area contributed by atoms with E-state index in [-0.39, 0.29) is 23.1 Å². The number of nitrogens with one attached hydrogen (secondary N) is 1. The monoisotopic (exact) mass is 354 g/mol. The minimum Gasteiger partial charge on any atom is -0.338 e. The Hall–Kier alpha value is -3.22. The van der Waals surface area contributed by atoms with Crippen LogP contribution in [-0.4, -0.2) is 39.2 Å². The summed E-state index contributed by atoms with van der Waals surface area (Å²) >= 11 is 0. The average molecular weight is 354 g/mol. The molecule has 26 heavy (non-hydrogen) atoms. The number of anilines is 1. The Morgan fingerprint density at radius 1 is 1.12 bits per heavy atom. The van der Waals surface area contributed by atoms with Crippen molar-refractivity contribution in [2.24, 2.45) is 0 Å². The van der Waals surface area contributed by atoms with Gasteiger partial charge in [0.25, 0.3) is 11.8 Å². The van der Waals surface area contributed by atoms with Gasteiger partial charge in [0, 0.05) is 19.3 Å². The summed E-state index contributed by atoms with van der Waals surface area (Å²) in [6, 6.07) is 11.1. The summed E-state index contributed by atoms with van der Waals surface area (Å²) in [7, 11) is 0. The number of amides is 2. The number of rotatable bonds is 5. The SMILES string of the molecule is CCN(CC)C(=O)c1nc(C(=O)Nc2ccccc2F)n2ccccc12. The van der Waals surface area contributed by atoms with Crippen LogP contribution < -0.4 is 5.32 Å². The smallest absolute Gasteiger partial charge is 0.292 e. The van der Waals surface area contributed by atoms with Crippen LogP contribution in [0.1, 0.15) is 35.0 Å². The summed E-state index contributed by atoms with van der Waals surface area (Å²) in [4.78, 5) is 31.3. The maximum absolute atomic E-state index is 13.8. The van der Waals surface area contributed by atoms with Crippen LogP contribution in [0.5, 0.6) is 0 Å². The van der Waals surface area contributed by atoms with Crippen LogP contribution >= 0.6 is 0 Å². The first-order valence-corrected chi connectivity index (χ1v) is 8.39. The number of carbonyl (C=O) groups excluding carboxylic acids is 2. The Labute approximate surface area is 150 Å². The van der Waals surface area contributed by atoms with Gasteiger partial charge in [0.1, 0.15) is 5.82 Å². The average Bonchev–Trinajstić information content (AvgIpc) is 3.04. The van der Waals surface area contributed by atoms with Crippen molar-refractivity contribution in [3.8, 4) is 0 Å². The van der Waals surface area contributed by atoms with Crippen LogP contribution in [0.4, 0.5) is 10.1 Å². The lowest BCUT2D eigenvalue weighted by Gasteiger charge is -2.17. The van der Waals surface area contributed by atoms with Crippen LogP contribution in [0.3, 0.4) is 0 Å². The number of nitrogens with zero attached hydrogens (tertiary/aromatic N) is 3. The molecule has 0 spiro atoms. The van der Waals surface area contributed by atoms with Crippen LogP contribution in [0, 0.1) is 5.82 Å². The quantitative estimate of drug-likeness (QED) is 0.765. The molecule has 0 fully saturated rings. The fourth-order valence-corrected chi connectivity index (χ4v) is 2.76. The van der Waals surface area contributed by atoms with Crippen molar-refractivity contribution in [2.45, 2.75) is 13.8 Å². The molecule has 2 heterocycles. The summed E-state index contributed by atoms with van der Waals surface area (Å²) in [6.07, 6.45) is 1.65. The Morgan fingerprint density at radius 3 is 2.50 bits per heavy atom. The molecule has 0 saturated heterocycles. The molecular weight excluding hydrogens is 335 g/mol. The number of hydrogen-bond donors (Lipinski definition) is 1. The van der Waals surface area contributed by atoms with Gasteiger partial charge >= 0.3 is 0 Å². The number of aromatic nitrogens is 2. The van der Waals surface area contributed by atoms with E-state index in [1.807, 2.05) is 13.8 Å². The molecule has 0 saturated carbocycles. The van der Waals surface area contributed by atoms with E-state index in [0.29, 0.717) is 18.6 Å². The van der Waals surface area contributed by atoms with E-state index >= 15 is 0 Å². The van der Waals surface area contributed by atoms with Gasteiger partial charge in [-0.2, -0.15) is 0 Å². The second-order valence-electron chi connectivity index (χ2n) is 5.65. The van der Waals surface area contributed by atoms with Gasteiger partial charge in [-0.15, -0.1) is 0 Å². The summed E-state index contributed by atoms with van der Waals surface area (Å²) in [5.74, 6) is -1.35. The molecule has 0 aliphatic heterocycles. The lowest BCUT2D eigenvalue weighted by Crippen LogP contribution is -2.31. The molecule has 1 N–H and O–H groups in total. The molecule has 0 aliphatic rings. The summed E-state index contributed by atoms with van der Waals surface area (Å²) < 4.78 is 15.3. The zero-order chi connectivity index (χ0) is 18.7. The van der Waals surface area contributed by atoms with Crippen molar-refractivity contribution in [3.05, 3.63) is 66.0 Å². The van der Waals surface area contributed by atoms with Crippen molar-refractivity contribution in [1.82, 2.24) is 14.3 Å². The summed E-state index contributed by atoms with van der Waals surface area (Å²) in [5.41, 5.74) is 0.790. The van der Waals surface area contributed by atoms with Crippen molar-refractivity contribution in [2.75, 3.05) is 18.4 Å². The Bertz CT molecular complexity index is 963. The predicted octanol–water partition coefficient (Wildman–Crippen LogP) is 3.21. The van der Waals surface area contributed by atoms with Crippen molar-refractivity contribution < 1.29 is 14.0 Å². The minimum absolute atomic E-state index is 0.0272. The number of carbonyl (C=O) groups is 2. The Kier molecular flexibility index (Phi) is 4.97. The molecule has 2 aromatic heterocycles. The molecule has 0 radical (unpaired) electrons. The highest BCUT2D eigenvalue weighted by Crippen LogP contribution is 2.18. The lowest BCUT2D eigenvalue weighted by atomic mass is 10.3. The van der Waals surface area contributed by atoms with E-state index < -0.39 is 11.7 Å². The molecule has 0 atom stereocenters. The number of benzene rings is 1. The van der Waals surface area contributed by atoms with Crippen molar-refractivity contribution >= 4 is 23.0 Å². The van der Waals surface area contributed by atoms with E-state index in [9.17, 15) is 14.0 Å². The van der Waals surface area contributed by atoms with Gasteiger partial charge in [0.2, 0.25) is 5.82 Å². The molecule has 6 nitrogen and oxygen atoms in total. The largest absolute Gasteiger partial charge is 0.338 e. The maximum Gasteiger partial charge on any atom is 0.292 e. The van der Waals surface area contributed by atoms with E-state index in [0.717, 1.165) is 0 Å². The first kappa shape index (κ1) is 17.6. The van der Waals surface area contributed by atoms with Crippen LogP contribution in [-0.2, 0) is 0 Å². The second kappa shape index (κ2) is 7.35. The lowest BCUT2D eigenvalue weighted by molar-refractivity contribution is 0.0769. The molecule has 0 bridgehead atoms. The van der Waals surface area contributed by atoms with Crippen LogP contribution in [0.15, 0.2) is 48.7 Å². The summed E-state index contributed by atoms with van der Waals surface area (Å²) in [5, 5.41) is 2.51. The van der Waals surface area contributed by atoms with Crippen LogP contribution in [0.25, 0.3) is 5.52 Å². The first-order valence-electron chi connectivity index (χ1n) is 8.39. The molecule has 2 amide bonds. The molecule has 134 valence electrons. The summed E-state index contributed by atoms with van der Waals surface area (Å²) in [6.45, 7) is 4.84. The van der Waals surface area contributed by atoms with Crippen molar-refractivity contribution in [1.29, 1.82) is 0 Å². The third kappa shape index (κ3) is 3.15. The van der Waals surface area contributed by atoms with Crippen LogP contribution in [0.2, 0.25) is 0 Å². The minimum atomic E-state index is -0.588. The molecule has 3 rings (SSSR count). The van der Waals surface area contributed by atoms with Gasteiger partial charge in [-0.25, -0.2) is 9.37 Å². The van der Waals surface area contributed by atoms with Gasteiger partial charge in [-0.3, -0.25) is 14.0 Å². The number of hydrogen-bond acceptors (Lipinski definition) is 3. The first-order chi connectivity index (χ1) is 12.6. The highest BCUT2D eigenvalue weighted by Gasteiger charge is 2.24. The van der Waals surface area contributed by atoms with Gasteiger partial charge in [-0.1, -0.05) is 18.2 Å². The number of halogens is 1. The predicted molar refractivity (Wildman–Crippen MR) is 96.8 cm³/mol. The standard InChI is InChI=1S/C19H19FN4O2/c1-3-23(4-2)19(26)16-15-11-7-8-12-24(15)17(22-16)18(25)21-14-10-6-5-9-13(14)20/h5-12H,3-4H2,1-2H3,(H,21,25). The third-order valence-corrected chi connectivity index (χ3v) is 4.13. The number of fused-ring (bicyclic) bond motifs is 1. The zero-order valence-electron chi connectivity index (χ0n) is 14.6. The Morgan fingerprint density at radius 2 is 1.81 bits per heavy atom. The fourth-order valence-electron chi connectivity index (χ4n) is 2.76. The molecule has 7 heteroatoms. The van der Waals surface area contributed by atoms with E-state index in [2.05, 4.69) is 10.3 Å². The highest BCUT2D eigenvalue weighted by molar-refractivity contribution is 6.06. The normalized spacial score (nSPS) is 10.7. The maximum atomic E-state index is 13.8. The number of pyridine rings is 1. The highest BCUT2D eigenvalue weighted by atomic mass is 19.1.